The Morgan fingerprint density at radius 3 is 2.29 bits per heavy atom. The lowest BCUT2D eigenvalue weighted by Gasteiger charge is -2.35. The van der Waals surface area contributed by atoms with Crippen molar-refractivity contribution in [2.45, 2.75) is 20.3 Å². The highest BCUT2D eigenvalue weighted by atomic mass is 32.1. The zero-order valence-corrected chi connectivity index (χ0v) is 20.6. The van der Waals surface area contributed by atoms with E-state index in [1.54, 1.807) is 11.3 Å². The van der Waals surface area contributed by atoms with Gasteiger partial charge in [0.25, 0.3) is 5.91 Å². The highest BCUT2D eigenvalue weighted by Gasteiger charge is 2.25. The largest absolute Gasteiger partial charge is 0.352 e. The molecular formula is C27H27N5O2S. The Balaban J connectivity index is 1.31. The average molecular weight is 486 g/mol. The van der Waals surface area contributed by atoms with E-state index in [-0.39, 0.29) is 11.8 Å². The number of piperazine rings is 1. The van der Waals surface area contributed by atoms with Crippen LogP contribution in [0.3, 0.4) is 0 Å². The number of benzene rings is 2. The van der Waals surface area contributed by atoms with Gasteiger partial charge in [-0.05, 0) is 35.7 Å². The third-order valence-electron chi connectivity index (χ3n) is 6.17. The zero-order valence-electron chi connectivity index (χ0n) is 19.8. The predicted octanol–water partition coefficient (Wildman–Crippen LogP) is 4.84. The quantitative estimate of drug-likeness (QED) is 0.438. The van der Waals surface area contributed by atoms with E-state index in [2.05, 4.69) is 45.3 Å². The molecule has 0 aliphatic carbocycles. The number of hydrogen-bond acceptors (Lipinski definition) is 6. The Bertz CT molecular complexity index is 1360. The van der Waals surface area contributed by atoms with Crippen LogP contribution in [-0.2, 0) is 11.2 Å². The van der Waals surface area contributed by atoms with Gasteiger partial charge in [0, 0.05) is 43.5 Å². The van der Waals surface area contributed by atoms with E-state index in [0.717, 1.165) is 33.6 Å². The molecule has 1 saturated heterocycles. The van der Waals surface area contributed by atoms with E-state index in [0.29, 0.717) is 37.7 Å². The molecule has 0 spiro atoms. The standard InChI is InChI=1S/C27H27N5O2S/c1-3-22-17-23-24(29-27(28-18(2)33)30-25(23)35-22)31-13-15-32(16-14-31)26(34)21-11-9-20(10-12-21)19-7-5-4-6-8-19/h4-12,17H,3,13-16H2,1-2H3,(H,28,29,30,33). The number of anilines is 2. The number of nitrogens with zero attached hydrogens (tertiary/aromatic N) is 4. The fourth-order valence-electron chi connectivity index (χ4n) is 4.32. The third-order valence-corrected chi connectivity index (χ3v) is 7.34. The number of fused-ring (bicyclic) bond motifs is 1. The molecule has 35 heavy (non-hydrogen) atoms. The van der Waals surface area contributed by atoms with Gasteiger partial charge in [0.2, 0.25) is 11.9 Å². The van der Waals surface area contributed by atoms with Gasteiger partial charge < -0.3 is 9.80 Å². The summed E-state index contributed by atoms with van der Waals surface area (Å²) in [4.78, 5) is 40.1. The molecule has 2 aromatic heterocycles. The van der Waals surface area contributed by atoms with Crippen LogP contribution < -0.4 is 10.2 Å². The summed E-state index contributed by atoms with van der Waals surface area (Å²) < 4.78 is 0. The van der Waals surface area contributed by atoms with E-state index < -0.39 is 0 Å². The monoisotopic (exact) mass is 485 g/mol. The molecule has 2 amide bonds. The van der Waals surface area contributed by atoms with Gasteiger partial charge in [0.15, 0.2) is 0 Å². The molecule has 1 N–H and O–H groups in total. The van der Waals surface area contributed by atoms with Crippen LogP contribution in [0.25, 0.3) is 21.3 Å². The maximum absolute atomic E-state index is 13.2. The molecule has 0 saturated carbocycles. The molecule has 1 aliphatic rings. The van der Waals surface area contributed by atoms with Crippen molar-refractivity contribution in [3.63, 3.8) is 0 Å². The smallest absolute Gasteiger partial charge is 0.253 e. The van der Waals surface area contributed by atoms with Crippen LogP contribution in [0.1, 0.15) is 29.1 Å². The summed E-state index contributed by atoms with van der Waals surface area (Å²) in [5.41, 5.74) is 2.92. The zero-order chi connectivity index (χ0) is 24.4. The summed E-state index contributed by atoms with van der Waals surface area (Å²) in [6.07, 6.45) is 0.918. The van der Waals surface area contributed by atoms with Crippen molar-refractivity contribution in [2.24, 2.45) is 0 Å². The van der Waals surface area contributed by atoms with Crippen molar-refractivity contribution in [3.8, 4) is 11.1 Å². The minimum absolute atomic E-state index is 0.0415. The van der Waals surface area contributed by atoms with Gasteiger partial charge in [-0.15, -0.1) is 11.3 Å². The highest BCUT2D eigenvalue weighted by Crippen LogP contribution is 2.33. The number of nitrogens with one attached hydrogen (secondary N) is 1. The molecule has 0 atom stereocenters. The first-order valence-electron chi connectivity index (χ1n) is 11.8. The second-order valence-electron chi connectivity index (χ2n) is 8.56. The number of hydrogen-bond donors (Lipinski definition) is 1. The van der Waals surface area contributed by atoms with Crippen molar-refractivity contribution >= 4 is 45.1 Å². The van der Waals surface area contributed by atoms with Crippen LogP contribution in [0.15, 0.2) is 60.7 Å². The maximum atomic E-state index is 13.2. The number of aryl methyl sites for hydroxylation is 1. The summed E-state index contributed by atoms with van der Waals surface area (Å²) in [6, 6.07) is 20.1. The molecule has 0 radical (unpaired) electrons. The predicted molar refractivity (Wildman–Crippen MR) is 141 cm³/mol. The summed E-state index contributed by atoms with van der Waals surface area (Å²) in [7, 11) is 0. The lowest BCUT2D eigenvalue weighted by Crippen LogP contribution is -2.49. The van der Waals surface area contributed by atoms with Crippen LogP contribution in [0, 0.1) is 0 Å². The van der Waals surface area contributed by atoms with Crippen molar-refractivity contribution in [3.05, 3.63) is 71.1 Å². The first-order valence-corrected chi connectivity index (χ1v) is 12.6. The fourth-order valence-corrected chi connectivity index (χ4v) is 5.29. The molecule has 1 aliphatic heterocycles. The Morgan fingerprint density at radius 1 is 0.943 bits per heavy atom. The summed E-state index contributed by atoms with van der Waals surface area (Å²) >= 11 is 1.63. The van der Waals surface area contributed by atoms with Gasteiger partial charge in [-0.3, -0.25) is 14.9 Å². The summed E-state index contributed by atoms with van der Waals surface area (Å²) in [5, 5.41) is 3.72. The minimum Gasteiger partial charge on any atom is -0.352 e. The Labute approximate surface area is 208 Å². The van der Waals surface area contributed by atoms with Crippen molar-refractivity contribution in [1.29, 1.82) is 0 Å². The maximum Gasteiger partial charge on any atom is 0.253 e. The Hall–Kier alpha value is -3.78. The van der Waals surface area contributed by atoms with E-state index in [1.807, 2.05) is 47.4 Å². The van der Waals surface area contributed by atoms with Crippen LogP contribution in [-0.4, -0.2) is 52.9 Å². The molecule has 178 valence electrons. The third kappa shape index (κ3) is 4.88. The average Bonchev–Trinajstić information content (AvgIpc) is 3.31. The lowest BCUT2D eigenvalue weighted by atomic mass is 10.0. The number of carbonyl (C=O) groups excluding carboxylic acids is 2. The first kappa shape index (κ1) is 23.0. The van der Waals surface area contributed by atoms with E-state index in [9.17, 15) is 9.59 Å². The van der Waals surface area contributed by atoms with Gasteiger partial charge in [0.05, 0.1) is 5.39 Å². The molecule has 3 heterocycles. The number of carbonyl (C=O) groups is 2. The molecule has 0 unspecified atom stereocenters. The normalized spacial score (nSPS) is 13.8. The van der Waals surface area contributed by atoms with Crippen LogP contribution >= 0.6 is 11.3 Å². The number of rotatable bonds is 5. The van der Waals surface area contributed by atoms with Crippen LogP contribution in [0.5, 0.6) is 0 Å². The number of aromatic nitrogens is 2. The molecule has 4 aromatic rings. The van der Waals surface area contributed by atoms with Gasteiger partial charge in [-0.25, -0.2) is 4.98 Å². The van der Waals surface area contributed by atoms with E-state index >= 15 is 0 Å². The summed E-state index contributed by atoms with van der Waals surface area (Å²) in [5.74, 6) is 0.978. The Morgan fingerprint density at radius 2 is 1.63 bits per heavy atom. The van der Waals surface area contributed by atoms with Gasteiger partial charge >= 0.3 is 0 Å². The van der Waals surface area contributed by atoms with Crippen molar-refractivity contribution < 1.29 is 9.59 Å². The van der Waals surface area contributed by atoms with E-state index in [4.69, 9.17) is 0 Å². The van der Waals surface area contributed by atoms with E-state index in [1.165, 1.54) is 11.8 Å². The molecule has 8 heteroatoms. The van der Waals surface area contributed by atoms with Crippen LogP contribution in [0.2, 0.25) is 0 Å². The lowest BCUT2D eigenvalue weighted by molar-refractivity contribution is -0.114. The fraction of sp³-hybridized carbons (Fsp3) is 0.259. The Kier molecular flexibility index (Phi) is 6.46. The summed E-state index contributed by atoms with van der Waals surface area (Å²) in [6.45, 7) is 6.10. The van der Waals surface area contributed by atoms with Gasteiger partial charge in [0.1, 0.15) is 10.6 Å². The molecule has 1 fully saturated rings. The second-order valence-corrected chi connectivity index (χ2v) is 9.67. The topological polar surface area (TPSA) is 78.4 Å². The molecule has 5 rings (SSSR count). The van der Waals surface area contributed by atoms with Gasteiger partial charge in [-0.2, -0.15) is 4.98 Å². The molecule has 2 aromatic carbocycles. The molecule has 0 bridgehead atoms. The molecule has 7 nitrogen and oxygen atoms in total. The molecular weight excluding hydrogens is 458 g/mol. The van der Waals surface area contributed by atoms with Gasteiger partial charge in [-0.1, -0.05) is 49.4 Å². The SMILES string of the molecule is CCc1cc2c(N3CCN(C(=O)c4ccc(-c5ccccc5)cc4)CC3)nc(NC(C)=O)nc2s1. The highest BCUT2D eigenvalue weighted by molar-refractivity contribution is 7.18. The van der Waals surface area contributed by atoms with Crippen LogP contribution in [0.4, 0.5) is 11.8 Å². The first-order chi connectivity index (χ1) is 17.0. The number of thiophene rings is 1. The minimum atomic E-state index is -0.198. The van der Waals surface area contributed by atoms with Crippen molar-refractivity contribution in [1.82, 2.24) is 14.9 Å². The number of amides is 2. The second kappa shape index (κ2) is 9.84. The van der Waals surface area contributed by atoms with Crippen molar-refractivity contribution in [2.75, 3.05) is 36.4 Å².